The van der Waals surface area contributed by atoms with Crippen LogP contribution in [-0.2, 0) is 18.8 Å². The van der Waals surface area contributed by atoms with Gasteiger partial charge in [0.15, 0.2) is 0 Å². The summed E-state index contributed by atoms with van der Waals surface area (Å²) in [6.45, 7) is 1.25. The minimum Gasteiger partial charge on any atom is -0.508 e. The maximum absolute atomic E-state index is 12.0. The second-order valence-electron chi connectivity index (χ2n) is 4.82. The van der Waals surface area contributed by atoms with Gasteiger partial charge in [-0.15, -0.1) is 0 Å². The molecule has 1 aliphatic rings. The Morgan fingerprint density at radius 2 is 2.05 bits per heavy atom. The number of hydrogen-bond acceptors (Lipinski definition) is 3. The lowest BCUT2D eigenvalue weighted by atomic mass is 9.99. The highest BCUT2D eigenvalue weighted by molar-refractivity contribution is 5.91. The normalized spacial score (nSPS) is 15.8. The van der Waals surface area contributed by atoms with Crippen LogP contribution in [0.1, 0.15) is 12.0 Å². The zero-order valence-corrected chi connectivity index (χ0v) is 11.0. The lowest BCUT2D eigenvalue weighted by Gasteiger charge is -2.15. The molecule has 0 spiro atoms. The Hall–Kier alpha value is -2.01. The van der Waals surface area contributed by atoms with Crippen molar-refractivity contribution in [2.75, 3.05) is 13.2 Å². The summed E-state index contributed by atoms with van der Waals surface area (Å²) in [5.41, 5.74) is 3.55. The number of imidazole rings is 1. The summed E-state index contributed by atoms with van der Waals surface area (Å²) in [5, 5.41) is 9.88. The third-order valence-electron chi connectivity index (χ3n) is 3.65. The van der Waals surface area contributed by atoms with Gasteiger partial charge < -0.3 is 9.84 Å². The monoisotopic (exact) mass is 260 g/mol. The molecule has 0 unspecified atom stereocenters. The molecule has 3 rings (SSSR count). The molecular formula is C14H16N2O3. The van der Waals surface area contributed by atoms with Crippen molar-refractivity contribution >= 4 is 16.6 Å². The molecule has 0 fully saturated rings. The number of fused-ring (bicyclic) bond motifs is 1. The SMILES string of the molecule is Cn1c(=O)n(C)c2c(C3=CCOCC3)cc(O)cc21. The molecule has 1 aromatic carbocycles. The molecule has 0 atom stereocenters. The molecule has 0 bridgehead atoms. The highest BCUT2D eigenvalue weighted by atomic mass is 16.5. The number of ether oxygens (including phenoxy) is 1. The van der Waals surface area contributed by atoms with E-state index in [-0.39, 0.29) is 11.4 Å². The number of phenols is 1. The molecule has 19 heavy (non-hydrogen) atoms. The van der Waals surface area contributed by atoms with Crippen LogP contribution in [0.5, 0.6) is 5.75 Å². The Morgan fingerprint density at radius 1 is 1.26 bits per heavy atom. The fraction of sp³-hybridized carbons (Fsp3) is 0.357. The van der Waals surface area contributed by atoms with E-state index in [0.717, 1.165) is 28.6 Å². The number of aromatic nitrogens is 2. The Morgan fingerprint density at radius 3 is 2.74 bits per heavy atom. The molecule has 0 radical (unpaired) electrons. The van der Waals surface area contributed by atoms with E-state index in [4.69, 9.17) is 4.74 Å². The lowest BCUT2D eigenvalue weighted by Crippen LogP contribution is -2.19. The Kier molecular flexibility index (Phi) is 2.71. The van der Waals surface area contributed by atoms with Crippen molar-refractivity contribution in [3.05, 3.63) is 34.3 Å². The van der Waals surface area contributed by atoms with Gasteiger partial charge in [0.1, 0.15) is 5.75 Å². The van der Waals surface area contributed by atoms with Crippen LogP contribution in [0.2, 0.25) is 0 Å². The quantitative estimate of drug-likeness (QED) is 0.843. The Labute approximate surface area is 110 Å². The van der Waals surface area contributed by atoms with Gasteiger partial charge in [-0.1, -0.05) is 6.08 Å². The molecule has 0 saturated carbocycles. The van der Waals surface area contributed by atoms with Crippen molar-refractivity contribution in [2.24, 2.45) is 14.1 Å². The highest BCUT2D eigenvalue weighted by Gasteiger charge is 2.17. The van der Waals surface area contributed by atoms with Gasteiger partial charge in [-0.3, -0.25) is 9.13 Å². The van der Waals surface area contributed by atoms with Gasteiger partial charge in [0.05, 0.1) is 24.2 Å². The number of nitrogens with zero attached hydrogens (tertiary/aromatic N) is 2. The predicted octanol–water partition coefficient (Wildman–Crippen LogP) is 1.39. The predicted molar refractivity (Wildman–Crippen MR) is 73.2 cm³/mol. The first-order chi connectivity index (χ1) is 9.09. The van der Waals surface area contributed by atoms with Gasteiger partial charge in [-0.05, 0) is 18.1 Å². The first-order valence-electron chi connectivity index (χ1n) is 6.25. The fourth-order valence-electron chi connectivity index (χ4n) is 2.65. The molecule has 0 aliphatic carbocycles. The largest absolute Gasteiger partial charge is 0.508 e. The van der Waals surface area contributed by atoms with E-state index in [0.29, 0.717) is 13.2 Å². The first-order valence-corrected chi connectivity index (χ1v) is 6.25. The van der Waals surface area contributed by atoms with E-state index in [1.165, 1.54) is 0 Å². The van der Waals surface area contributed by atoms with Crippen molar-refractivity contribution in [3.8, 4) is 5.75 Å². The summed E-state index contributed by atoms with van der Waals surface area (Å²) in [6, 6.07) is 3.35. The van der Waals surface area contributed by atoms with Crippen molar-refractivity contribution in [1.82, 2.24) is 9.13 Å². The van der Waals surface area contributed by atoms with Crippen LogP contribution in [0, 0.1) is 0 Å². The van der Waals surface area contributed by atoms with Crippen molar-refractivity contribution < 1.29 is 9.84 Å². The fourth-order valence-corrected chi connectivity index (χ4v) is 2.65. The Balaban J connectivity index is 2.38. The molecule has 5 nitrogen and oxygen atoms in total. The average Bonchev–Trinajstić information content (AvgIpc) is 2.64. The summed E-state index contributed by atoms with van der Waals surface area (Å²) in [6.07, 6.45) is 2.80. The summed E-state index contributed by atoms with van der Waals surface area (Å²) in [5.74, 6) is 0.177. The van der Waals surface area contributed by atoms with Gasteiger partial charge in [0.25, 0.3) is 0 Å². The molecule has 100 valence electrons. The summed E-state index contributed by atoms with van der Waals surface area (Å²) >= 11 is 0. The highest BCUT2D eigenvalue weighted by Crippen LogP contribution is 2.31. The topological polar surface area (TPSA) is 56.4 Å². The molecule has 2 aromatic rings. The van der Waals surface area contributed by atoms with E-state index in [1.807, 2.05) is 6.08 Å². The number of hydrogen-bond donors (Lipinski definition) is 1. The number of rotatable bonds is 1. The van der Waals surface area contributed by atoms with E-state index < -0.39 is 0 Å². The van der Waals surface area contributed by atoms with Crippen LogP contribution in [0.25, 0.3) is 16.6 Å². The summed E-state index contributed by atoms with van der Waals surface area (Å²) in [7, 11) is 3.47. The molecule has 0 amide bonds. The maximum Gasteiger partial charge on any atom is 0.328 e. The lowest BCUT2D eigenvalue weighted by molar-refractivity contribution is 0.161. The van der Waals surface area contributed by atoms with Crippen molar-refractivity contribution in [1.29, 1.82) is 0 Å². The number of aryl methyl sites for hydroxylation is 2. The molecule has 1 aromatic heterocycles. The third kappa shape index (κ3) is 1.77. The van der Waals surface area contributed by atoms with Gasteiger partial charge >= 0.3 is 5.69 Å². The zero-order chi connectivity index (χ0) is 13.6. The van der Waals surface area contributed by atoms with Crippen LogP contribution in [0.15, 0.2) is 23.0 Å². The van der Waals surface area contributed by atoms with E-state index in [9.17, 15) is 9.90 Å². The second-order valence-corrected chi connectivity index (χ2v) is 4.82. The zero-order valence-electron chi connectivity index (χ0n) is 11.0. The number of aromatic hydroxyl groups is 1. The smallest absolute Gasteiger partial charge is 0.328 e. The average molecular weight is 260 g/mol. The molecule has 5 heteroatoms. The van der Waals surface area contributed by atoms with Gasteiger partial charge in [-0.25, -0.2) is 4.79 Å². The third-order valence-corrected chi connectivity index (χ3v) is 3.65. The van der Waals surface area contributed by atoms with E-state index in [2.05, 4.69) is 0 Å². The Bertz CT molecular complexity index is 737. The molecule has 0 saturated heterocycles. The van der Waals surface area contributed by atoms with Crippen LogP contribution < -0.4 is 5.69 Å². The standard InChI is InChI=1S/C14H16N2O3/c1-15-12-8-10(17)7-11(9-3-5-19-6-4-9)13(12)16(2)14(15)18/h3,7-8,17H,4-6H2,1-2H3. The van der Waals surface area contributed by atoms with E-state index >= 15 is 0 Å². The van der Waals surface area contributed by atoms with Crippen LogP contribution in [-0.4, -0.2) is 27.5 Å². The second kappa shape index (κ2) is 4.28. The summed E-state index contributed by atoms with van der Waals surface area (Å²) < 4.78 is 8.49. The van der Waals surface area contributed by atoms with Gasteiger partial charge in [0.2, 0.25) is 0 Å². The minimum absolute atomic E-state index is 0.0884. The summed E-state index contributed by atoms with van der Waals surface area (Å²) in [4.78, 5) is 12.0. The van der Waals surface area contributed by atoms with Gasteiger partial charge in [-0.2, -0.15) is 0 Å². The number of benzene rings is 1. The van der Waals surface area contributed by atoms with Crippen molar-refractivity contribution in [3.63, 3.8) is 0 Å². The minimum atomic E-state index is -0.0884. The number of phenolic OH excluding ortho intramolecular Hbond substituents is 1. The molecule has 1 aliphatic heterocycles. The molecule has 1 N–H and O–H groups in total. The van der Waals surface area contributed by atoms with Crippen LogP contribution >= 0.6 is 0 Å². The maximum atomic E-state index is 12.0. The van der Waals surface area contributed by atoms with E-state index in [1.54, 1.807) is 35.4 Å². The van der Waals surface area contributed by atoms with Crippen LogP contribution in [0.3, 0.4) is 0 Å². The van der Waals surface area contributed by atoms with Crippen molar-refractivity contribution in [2.45, 2.75) is 6.42 Å². The van der Waals surface area contributed by atoms with Gasteiger partial charge in [0, 0.05) is 25.7 Å². The molecular weight excluding hydrogens is 244 g/mol. The first kappa shape index (κ1) is 12.0. The van der Waals surface area contributed by atoms with Crippen LogP contribution in [0.4, 0.5) is 0 Å². The molecule has 2 heterocycles.